The molecule has 0 fully saturated rings. The molecule has 0 radical (unpaired) electrons. The smallest absolute Gasteiger partial charge is 0.456 e. The van der Waals surface area contributed by atoms with E-state index in [2.05, 4.69) is 13.8 Å². The van der Waals surface area contributed by atoms with Crippen LogP contribution in [0.2, 0.25) is 0 Å². The van der Waals surface area contributed by atoms with Gasteiger partial charge < -0.3 is 9.47 Å². The summed E-state index contributed by atoms with van der Waals surface area (Å²) in [5.74, 6) is -1.14. The second-order valence-corrected chi connectivity index (χ2v) is 25.3. The normalized spacial score (nSPS) is 12.6. The Morgan fingerprint density at radius 1 is 0.305 bits per heavy atom. The molecule has 4 rings (SSSR count). The highest BCUT2D eigenvalue weighted by Gasteiger charge is 2.38. The van der Waals surface area contributed by atoms with Gasteiger partial charge in [0.25, 0.3) is 0 Å². The van der Waals surface area contributed by atoms with Gasteiger partial charge in [0, 0.05) is 12.8 Å². The molecule has 0 aromatic heterocycles. The summed E-state index contributed by atoms with van der Waals surface area (Å²) in [6, 6.07) is 36.8. The minimum atomic E-state index is -4.44. The van der Waals surface area contributed by atoms with Gasteiger partial charge in [-0.2, -0.15) is 0 Å². The maximum Gasteiger partial charge on any atom is 0.475 e. The average molecular weight is 1180 g/mol. The molecule has 0 aliphatic heterocycles. The van der Waals surface area contributed by atoms with Crippen molar-refractivity contribution in [3.05, 3.63) is 144 Å². The summed E-state index contributed by atoms with van der Waals surface area (Å²) in [7, 11) is -8.88. The lowest BCUT2D eigenvalue weighted by Crippen LogP contribution is -2.41. The Kier molecular flexibility index (Phi) is 39.9. The summed E-state index contributed by atoms with van der Waals surface area (Å²) >= 11 is 0. The number of carbonyl (C=O) groups is 2. The molecule has 0 saturated carbocycles. The third kappa shape index (κ3) is 35.4. The molecule has 0 aliphatic rings. The first-order chi connectivity index (χ1) is 40.2. The minimum Gasteiger partial charge on any atom is -0.456 e. The van der Waals surface area contributed by atoms with Gasteiger partial charge in [0.2, 0.25) is 0 Å². The van der Waals surface area contributed by atoms with E-state index in [1.54, 1.807) is 0 Å². The van der Waals surface area contributed by atoms with Crippen molar-refractivity contribution in [2.45, 2.75) is 258 Å². The van der Waals surface area contributed by atoms with Crippen LogP contribution >= 0.6 is 15.6 Å². The molecular weight excluding hydrogens is 1070 g/mol. The first-order valence-electron chi connectivity index (χ1n) is 31.8. The van der Waals surface area contributed by atoms with Crippen LogP contribution in [0.15, 0.2) is 121 Å². The zero-order valence-corrected chi connectivity index (χ0v) is 52.2. The Bertz CT molecular complexity index is 2000. The van der Waals surface area contributed by atoms with Gasteiger partial charge in [-0.15, -0.1) is 0 Å². The molecule has 0 saturated heterocycles. The van der Waals surface area contributed by atoms with E-state index in [0.29, 0.717) is 12.8 Å². The second-order valence-electron chi connectivity index (χ2n) is 22.0. The fourth-order valence-electron chi connectivity index (χ4n) is 9.64. The highest BCUT2D eigenvalue weighted by Crippen LogP contribution is 2.53. The van der Waals surface area contributed by atoms with E-state index in [-0.39, 0.29) is 39.3 Å². The van der Waals surface area contributed by atoms with E-state index >= 15 is 0 Å². The summed E-state index contributed by atoms with van der Waals surface area (Å²) in [4.78, 5) is 28.0. The van der Waals surface area contributed by atoms with Crippen LogP contribution in [0, 0.1) is 0 Å². The van der Waals surface area contributed by atoms with E-state index in [1.807, 2.05) is 121 Å². The SMILES string of the molecule is CCCCCCCCCCCCCCCCCC(=O)OC(COP(=O)(OCc1ccccc1)OCc1ccccc1)C(COP(=O)(OCc1ccccc1)OCc1ccccc1)OC(=O)CCCCCCCCCCCCCCCCC. The Labute approximate surface area is 495 Å². The van der Waals surface area contributed by atoms with Gasteiger partial charge in [-0.3, -0.25) is 36.7 Å². The quantitative estimate of drug-likeness (QED) is 0.0236. The molecule has 0 amide bonds. The van der Waals surface area contributed by atoms with E-state index in [4.69, 9.17) is 36.6 Å². The van der Waals surface area contributed by atoms with Gasteiger partial charge in [-0.1, -0.05) is 315 Å². The van der Waals surface area contributed by atoms with E-state index < -0.39 is 53.0 Å². The van der Waals surface area contributed by atoms with Crippen LogP contribution < -0.4 is 0 Å². The third-order valence-electron chi connectivity index (χ3n) is 14.7. The van der Waals surface area contributed by atoms with Crippen LogP contribution in [-0.4, -0.2) is 37.4 Å². The number of phosphoric ester groups is 2. The van der Waals surface area contributed by atoms with Crippen molar-refractivity contribution in [2.24, 2.45) is 0 Å². The number of esters is 2. The zero-order chi connectivity index (χ0) is 58.3. The van der Waals surface area contributed by atoms with Crippen molar-refractivity contribution in [3.63, 3.8) is 0 Å². The van der Waals surface area contributed by atoms with Crippen LogP contribution in [0.5, 0.6) is 0 Å². The maximum atomic E-state index is 14.7. The molecule has 4 aromatic rings. The predicted octanol–water partition coefficient (Wildman–Crippen LogP) is 20.4. The molecule has 4 aromatic carbocycles. The van der Waals surface area contributed by atoms with Crippen molar-refractivity contribution in [3.8, 4) is 0 Å². The van der Waals surface area contributed by atoms with Crippen LogP contribution in [0.3, 0.4) is 0 Å². The summed E-state index contributed by atoms with van der Waals surface area (Å²) < 4.78 is 77.9. The summed E-state index contributed by atoms with van der Waals surface area (Å²) in [6.45, 7) is 2.88. The van der Waals surface area contributed by atoms with Gasteiger partial charge >= 0.3 is 27.6 Å². The fraction of sp³-hybridized carbons (Fsp3) is 0.618. The number of benzene rings is 4. The molecule has 0 spiro atoms. The molecule has 0 heterocycles. The molecule has 0 N–H and O–H groups in total. The van der Waals surface area contributed by atoms with Crippen molar-refractivity contribution >= 4 is 27.6 Å². The molecule has 0 bridgehead atoms. The topological polar surface area (TPSA) is 142 Å². The van der Waals surface area contributed by atoms with Crippen molar-refractivity contribution in [2.75, 3.05) is 13.2 Å². The number of hydrogen-bond acceptors (Lipinski definition) is 12. The standard InChI is InChI=1S/C68H104O12P2/c1-3-5-7-9-11-13-15-17-19-21-23-25-27-29-43-53-67(69)79-65(59-77-81(71,73-55-61-45-35-31-36-46-61)74-56-62-47-37-32-38-48-62)66(80-68(70)54-44-30-28-26-24-22-20-18-16-14-12-10-8-6-4-2)60-78-82(72,75-57-63-49-39-33-40-50-63)76-58-64-51-41-34-42-52-64/h31-42,45-52,65-66H,3-30,43-44,53-60H2,1-2H3. The van der Waals surface area contributed by atoms with Crippen LogP contribution in [0.4, 0.5) is 0 Å². The summed E-state index contributed by atoms with van der Waals surface area (Å²) in [5, 5.41) is 0. The highest BCUT2D eigenvalue weighted by atomic mass is 31.2. The predicted molar refractivity (Wildman–Crippen MR) is 331 cm³/mol. The maximum absolute atomic E-state index is 14.7. The molecule has 0 aliphatic carbocycles. The van der Waals surface area contributed by atoms with Gasteiger partial charge in [0.15, 0.2) is 12.2 Å². The zero-order valence-electron chi connectivity index (χ0n) is 50.4. The van der Waals surface area contributed by atoms with Gasteiger partial charge in [0.05, 0.1) is 39.6 Å². The first kappa shape index (κ1) is 70.5. The number of rotatable bonds is 53. The lowest BCUT2D eigenvalue weighted by atomic mass is 10.0. The minimum absolute atomic E-state index is 0.0843. The van der Waals surface area contributed by atoms with E-state index in [0.717, 1.165) is 60.8 Å². The molecule has 82 heavy (non-hydrogen) atoms. The summed E-state index contributed by atoms with van der Waals surface area (Å²) in [6.07, 6.45) is 32.9. The second kappa shape index (κ2) is 46.3. The van der Waals surface area contributed by atoms with E-state index in [9.17, 15) is 18.7 Å². The Hall–Kier alpha value is -3.96. The number of carbonyl (C=O) groups excluding carboxylic acids is 2. The van der Waals surface area contributed by atoms with Crippen molar-refractivity contribution < 1.29 is 55.3 Å². The Morgan fingerprint density at radius 3 is 0.732 bits per heavy atom. The average Bonchev–Trinajstić information content (AvgIpc) is 3.51. The molecule has 458 valence electrons. The monoisotopic (exact) mass is 1170 g/mol. The largest absolute Gasteiger partial charge is 0.475 e. The fourth-order valence-corrected chi connectivity index (χ4v) is 12.0. The van der Waals surface area contributed by atoms with Crippen LogP contribution in [-0.2, 0) is 81.8 Å². The number of ether oxygens (including phenoxy) is 2. The Morgan fingerprint density at radius 2 is 0.512 bits per heavy atom. The van der Waals surface area contributed by atoms with Crippen molar-refractivity contribution in [1.82, 2.24) is 0 Å². The lowest BCUT2D eigenvalue weighted by molar-refractivity contribution is -0.174. The number of hydrogen-bond donors (Lipinski definition) is 0. The van der Waals surface area contributed by atoms with E-state index in [1.165, 1.54) is 141 Å². The van der Waals surface area contributed by atoms with Crippen LogP contribution in [0.25, 0.3) is 0 Å². The number of phosphoric acid groups is 2. The van der Waals surface area contributed by atoms with Crippen LogP contribution in [0.1, 0.15) is 242 Å². The summed E-state index contributed by atoms with van der Waals surface area (Å²) in [5.41, 5.74) is 2.90. The first-order valence-corrected chi connectivity index (χ1v) is 34.7. The van der Waals surface area contributed by atoms with Gasteiger partial charge in [0.1, 0.15) is 0 Å². The van der Waals surface area contributed by atoms with Gasteiger partial charge in [-0.05, 0) is 35.1 Å². The Balaban J connectivity index is 1.48. The molecular formula is C68H104O12P2. The third-order valence-corrected chi connectivity index (χ3v) is 17.4. The molecule has 2 atom stereocenters. The van der Waals surface area contributed by atoms with Gasteiger partial charge in [-0.25, -0.2) is 9.13 Å². The molecule has 14 heteroatoms. The molecule has 2 unspecified atom stereocenters. The van der Waals surface area contributed by atoms with Crippen molar-refractivity contribution in [1.29, 1.82) is 0 Å². The number of unbranched alkanes of at least 4 members (excludes halogenated alkanes) is 28. The molecule has 12 nitrogen and oxygen atoms in total. The highest BCUT2D eigenvalue weighted by molar-refractivity contribution is 7.48. The lowest BCUT2D eigenvalue weighted by Gasteiger charge is -2.29.